The van der Waals surface area contributed by atoms with Crippen LogP contribution in [-0.2, 0) is 0 Å². The van der Waals surface area contributed by atoms with Crippen molar-refractivity contribution in [2.24, 2.45) is 0 Å². The molecule has 6 heteroatoms. The molecule has 0 aliphatic carbocycles. The average Bonchev–Trinajstić information content (AvgIpc) is 3.23. The molecule has 4 nitrogen and oxygen atoms in total. The minimum Gasteiger partial charge on any atom is -0.451 e. The zero-order valence-electron chi connectivity index (χ0n) is 14.3. The second-order valence-electron chi connectivity index (χ2n) is 6.54. The fraction of sp³-hybridized carbons (Fsp3) is 0.250. The number of nitrogens with one attached hydrogen (secondary N) is 1. The van der Waals surface area contributed by atoms with Crippen LogP contribution in [0.2, 0.25) is 5.02 Å². The normalized spacial score (nSPS) is 14.2. The molecule has 1 aliphatic rings. The summed E-state index contributed by atoms with van der Waals surface area (Å²) in [6.07, 6.45) is 2.19. The molecule has 1 fully saturated rings. The maximum atomic E-state index is 14.0. The summed E-state index contributed by atoms with van der Waals surface area (Å²) in [5.41, 5.74) is 2.49. The maximum Gasteiger partial charge on any atom is 0.291 e. The Kier molecular flexibility index (Phi) is 4.32. The van der Waals surface area contributed by atoms with Gasteiger partial charge in [-0.25, -0.2) is 4.39 Å². The van der Waals surface area contributed by atoms with Gasteiger partial charge in [-0.05, 0) is 56.2 Å². The number of carbonyl (C=O) groups is 1. The third-order valence-electron chi connectivity index (χ3n) is 4.72. The van der Waals surface area contributed by atoms with E-state index in [0.29, 0.717) is 21.9 Å². The maximum absolute atomic E-state index is 14.0. The van der Waals surface area contributed by atoms with Crippen molar-refractivity contribution in [1.82, 2.24) is 0 Å². The lowest BCUT2D eigenvalue weighted by molar-refractivity contribution is 0.0998. The molecule has 0 spiro atoms. The molecule has 4 rings (SSSR count). The standard InChI is InChI=1S/C20H18ClFN2O2/c1-12-17-8-13(21)4-5-18(17)26-19(12)20(25)23-15-9-14(22)10-16(11-15)24-6-2-3-7-24/h4-5,8-11H,2-3,6-7H2,1H3,(H,23,25). The highest BCUT2D eigenvalue weighted by atomic mass is 35.5. The molecular weight excluding hydrogens is 355 g/mol. The molecule has 0 atom stereocenters. The van der Waals surface area contributed by atoms with Crippen LogP contribution in [0.3, 0.4) is 0 Å². The predicted octanol–water partition coefficient (Wildman–Crippen LogP) is 5.39. The quantitative estimate of drug-likeness (QED) is 0.670. The highest BCUT2D eigenvalue weighted by Gasteiger charge is 2.19. The van der Waals surface area contributed by atoms with Gasteiger partial charge in [-0.15, -0.1) is 0 Å². The van der Waals surface area contributed by atoms with Crippen molar-refractivity contribution in [3.05, 3.63) is 58.6 Å². The Bertz CT molecular complexity index is 993. The van der Waals surface area contributed by atoms with Gasteiger partial charge in [0, 0.05) is 40.4 Å². The number of carbonyl (C=O) groups excluding carboxylic acids is 1. The highest BCUT2D eigenvalue weighted by molar-refractivity contribution is 6.31. The van der Waals surface area contributed by atoms with E-state index in [4.69, 9.17) is 16.0 Å². The summed E-state index contributed by atoms with van der Waals surface area (Å²) in [7, 11) is 0. The third kappa shape index (κ3) is 3.15. The molecule has 1 aromatic heterocycles. The predicted molar refractivity (Wildman–Crippen MR) is 102 cm³/mol. The number of hydrogen-bond acceptors (Lipinski definition) is 3. The van der Waals surface area contributed by atoms with Crippen LogP contribution in [0.4, 0.5) is 15.8 Å². The number of rotatable bonds is 3. The van der Waals surface area contributed by atoms with Gasteiger partial charge in [0.1, 0.15) is 11.4 Å². The summed E-state index contributed by atoms with van der Waals surface area (Å²) in [6.45, 7) is 3.61. The van der Waals surface area contributed by atoms with E-state index < -0.39 is 5.91 Å². The molecule has 134 valence electrons. The molecule has 1 aliphatic heterocycles. The Labute approximate surface area is 155 Å². The average molecular weight is 373 g/mol. The first-order valence-electron chi connectivity index (χ1n) is 8.57. The minimum absolute atomic E-state index is 0.203. The Balaban J connectivity index is 1.63. The van der Waals surface area contributed by atoms with Crippen molar-refractivity contribution in [2.75, 3.05) is 23.3 Å². The second kappa shape index (κ2) is 6.65. The molecule has 0 saturated carbocycles. The van der Waals surface area contributed by atoms with Gasteiger partial charge >= 0.3 is 0 Å². The number of anilines is 2. The summed E-state index contributed by atoms with van der Waals surface area (Å²) in [5.74, 6) is -0.583. The van der Waals surface area contributed by atoms with Gasteiger partial charge in [0.2, 0.25) is 0 Å². The number of furan rings is 1. The number of fused-ring (bicyclic) bond motifs is 1. The van der Waals surface area contributed by atoms with Crippen LogP contribution in [0.5, 0.6) is 0 Å². The monoisotopic (exact) mass is 372 g/mol. The zero-order chi connectivity index (χ0) is 18.3. The van der Waals surface area contributed by atoms with Crippen LogP contribution < -0.4 is 10.2 Å². The molecular formula is C20H18ClFN2O2. The van der Waals surface area contributed by atoms with Crippen molar-refractivity contribution in [2.45, 2.75) is 19.8 Å². The summed E-state index contributed by atoms with van der Waals surface area (Å²) in [5, 5.41) is 4.12. The zero-order valence-corrected chi connectivity index (χ0v) is 15.1. The molecule has 1 N–H and O–H groups in total. The Morgan fingerprint density at radius 2 is 1.96 bits per heavy atom. The summed E-state index contributed by atoms with van der Waals surface area (Å²) < 4.78 is 19.7. The lowest BCUT2D eigenvalue weighted by Gasteiger charge is -2.18. The van der Waals surface area contributed by atoms with Gasteiger partial charge in [0.05, 0.1) is 0 Å². The van der Waals surface area contributed by atoms with Crippen molar-refractivity contribution in [3.8, 4) is 0 Å². The number of amides is 1. The molecule has 1 saturated heterocycles. The molecule has 0 bridgehead atoms. The Morgan fingerprint density at radius 1 is 1.19 bits per heavy atom. The first-order valence-corrected chi connectivity index (χ1v) is 8.94. The van der Waals surface area contributed by atoms with Crippen molar-refractivity contribution < 1.29 is 13.6 Å². The van der Waals surface area contributed by atoms with Crippen LogP contribution in [0, 0.1) is 12.7 Å². The smallest absolute Gasteiger partial charge is 0.291 e. The van der Waals surface area contributed by atoms with Crippen LogP contribution >= 0.6 is 11.6 Å². The number of benzene rings is 2. The van der Waals surface area contributed by atoms with Crippen molar-refractivity contribution >= 4 is 39.9 Å². The first-order chi connectivity index (χ1) is 12.5. The fourth-order valence-corrected chi connectivity index (χ4v) is 3.57. The van der Waals surface area contributed by atoms with Gasteiger partial charge in [-0.1, -0.05) is 11.6 Å². The van der Waals surface area contributed by atoms with Crippen LogP contribution in [0.15, 0.2) is 40.8 Å². The van der Waals surface area contributed by atoms with Gasteiger partial charge < -0.3 is 14.6 Å². The van der Waals surface area contributed by atoms with E-state index in [1.807, 2.05) is 0 Å². The molecule has 3 aromatic rings. The van der Waals surface area contributed by atoms with E-state index in [-0.39, 0.29) is 11.6 Å². The third-order valence-corrected chi connectivity index (χ3v) is 4.95. The number of hydrogen-bond donors (Lipinski definition) is 1. The Morgan fingerprint density at radius 3 is 2.73 bits per heavy atom. The van der Waals surface area contributed by atoms with Crippen molar-refractivity contribution in [1.29, 1.82) is 0 Å². The fourth-order valence-electron chi connectivity index (χ4n) is 3.40. The van der Waals surface area contributed by atoms with Gasteiger partial charge in [-0.3, -0.25) is 4.79 Å². The van der Waals surface area contributed by atoms with E-state index in [2.05, 4.69) is 10.2 Å². The van der Waals surface area contributed by atoms with Crippen LogP contribution in [-0.4, -0.2) is 19.0 Å². The lowest BCUT2D eigenvalue weighted by Crippen LogP contribution is -2.18. The lowest BCUT2D eigenvalue weighted by atomic mass is 10.1. The van der Waals surface area contributed by atoms with Gasteiger partial charge in [0.25, 0.3) is 5.91 Å². The highest BCUT2D eigenvalue weighted by Crippen LogP contribution is 2.29. The van der Waals surface area contributed by atoms with Crippen LogP contribution in [0.25, 0.3) is 11.0 Å². The Hall–Kier alpha value is -2.53. The first kappa shape index (κ1) is 16.9. The second-order valence-corrected chi connectivity index (χ2v) is 6.98. The summed E-state index contributed by atoms with van der Waals surface area (Å²) in [4.78, 5) is 14.8. The van der Waals surface area contributed by atoms with E-state index >= 15 is 0 Å². The number of halogens is 2. The largest absolute Gasteiger partial charge is 0.451 e. The molecule has 26 heavy (non-hydrogen) atoms. The van der Waals surface area contributed by atoms with Crippen molar-refractivity contribution in [3.63, 3.8) is 0 Å². The molecule has 1 amide bonds. The van der Waals surface area contributed by atoms with E-state index in [0.717, 1.165) is 37.0 Å². The van der Waals surface area contributed by atoms with E-state index in [1.54, 1.807) is 31.2 Å². The number of aryl methyl sites for hydroxylation is 1. The minimum atomic E-state index is -0.409. The number of nitrogens with zero attached hydrogens (tertiary/aromatic N) is 1. The molecule has 2 heterocycles. The summed E-state index contributed by atoms with van der Waals surface area (Å²) in [6, 6.07) is 9.81. The van der Waals surface area contributed by atoms with Gasteiger partial charge in [0.15, 0.2) is 5.76 Å². The van der Waals surface area contributed by atoms with Crippen LogP contribution in [0.1, 0.15) is 29.0 Å². The SMILES string of the molecule is Cc1c(C(=O)Nc2cc(F)cc(N3CCCC3)c2)oc2ccc(Cl)cc12. The van der Waals surface area contributed by atoms with E-state index in [9.17, 15) is 9.18 Å². The topological polar surface area (TPSA) is 45.5 Å². The van der Waals surface area contributed by atoms with Gasteiger partial charge in [-0.2, -0.15) is 0 Å². The molecule has 0 unspecified atom stereocenters. The van der Waals surface area contributed by atoms with E-state index in [1.165, 1.54) is 12.1 Å². The molecule has 2 aromatic carbocycles. The molecule has 0 radical (unpaired) electrons. The summed E-state index contributed by atoms with van der Waals surface area (Å²) >= 11 is 6.02.